The molecule has 0 heterocycles. The number of rotatable bonds is 19. The van der Waals surface area contributed by atoms with Crippen molar-refractivity contribution in [1.29, 1.82) is 0 Å². The summed E-state index contributed by atoms with van der Waals surface area (Å²) in [4.78, 5) is 11.8. The van der Waals surface area contributed by atoms with Crippen molar-refractivity contribution in [2.24, 2.45) is 5.41 Å². The standard InChI is InChI=1S/C28H48O3/c1-5-7-8-9-10-11-12-13-14-15-16-17-18-19-20-21-22-23-27(30)31-25-26(29)24-28(3,4)6-2/h10-11,13-14,16-17,19-20,26,29H,5-9,12,15,18,21-25H2,1-4H3/b11-10-,14-13-,17-16-,20-19-. The summed E-state index contributed by atoms with van der Waals surface area (Å²) >= 11 is 0. The minimum atomic E-state index is -0.576. The molecule has 0 rings (SSSR count). The molecule has 1 unspecified atom stereocenters. The number of allylic oxidation sites excluding steroid dienone is 8. The van der Waals surface area contributed by atoms with Crippen LogP contribution in [0.4, 0.5) is 0 Å². The van der Waals surface area contributed by atoms with Gasteiger partial charge >= 0.3 is 5.97 Å². The number of unbranched alkanes of at least 4 members (excludes halogenated alkanes) is 4. The first kappa shape index (κ1) is 29.4. The molecule has 0 aliphatic heterocycles. The average Bonchev–Trinajstić information content (AvgIpc) is 2.74. The van der Waals surface area contributed by atoms with E-state index in [1.165, 1.54) is 25.7 Å². The summed E-state index contributed by atoms with van der Waals surface area (Å²) in [5.41, 5.74) is 0.0756. The molecule has 0 saturated heterocycles. The fraction of sp³-hybridized carbons (Fsp3) is 0.679. The van der Waals surface area contributed by atoms with Crippen LogP contribution in [0.1, 0.15) is 105 Å². The van der Waals surface area contributed by atoms with Gasteiger partial charge in [0.05, 0.1) is 6.10 Å². The van der Waals surface area contributed by atoms with Crippen molar-refractivity contribution < 1.29 is 14.6 Å². The highest BCUT2D eigenvalue weighted by Gasteiger charge is 2.21. The fourth-order valence-electron chi connectivity index (χ4n) is 3.03. The Bertz CT molecular complexity index is 540. The Kier molecular flexibility index (Phi) is 19.2. The summed E-state index contributed by atoms with van der Waals surface area (Å²) in [7, 11) is 0. The van der Waals surface area contributed by atoms with Crippen LogP contribution in [0.3, 0.4) is 0 Å². The largest absolute Gasteiger partial charge is 0.463 e. The Labute approximate surface area is 192 Å². The zero-order valence-electron chi connectivity index (χ0n) is 20.7. The molecule has 0 bridgehead atoms. The maximum Gasteiger partial charge on any atom is 0.305 e. The maximum absolute atomic E-state index is 11.8. The van der Waals surface area contributed by atoms with Gasteiger partial charge in [0, 0.05) is 6.42 Å². The van der Waals surface area contributed by atoms with Crippen molar-refractivity contribution in [3.05, 3.63) is 48.6 Å². The number of carbonyl (C=O) groups is 1. The van der Waals surface area contributed by atoms with E-state index in [0.29, 0.717) is 12.8 Å². The number of esters is 1. The molecule has 0 spiro atoms. The molecule has 0 aliphatic carbocycles. The van der Waals surface area contributed by atoms with Crippen LogP contribution in [0.2, 0.25) is 0 Å². The van der Waals surface area contributed by atoms with E-state index in [0.717, 1.165) is 38.5 Å². The van der Waals surface area contributed by atoms with E-state index in [1.807, 2.05) is 0 Å². The van der Waals surface area contributed by atoms with E-state index in [9.17, 15) is 9.90 Å². The van der Waals surface area contributed by atoms with Crippen LogP contribution in [0.25, 0.3) is 0 Å². The van der Waals surface area contributed by atoms with Crippen LogP contribution in [0.5, 0.6) is 0 Å². The predicted octanol–water partition coefficient (Wildman–Crippen LogP) is 7.86. The van der Waals surface area contributed by atoms with Gasteiger partial charge in [0.15, 0.2) is 0 Å². The third-order valence-electron chi connectivity index (χ3n) is 5.39. The molecule has 1 N–H and O–H groups in total. The minimum absolute atomic E-state index is 0.0756. The molecule has 0 amide bonds. The predicted molar refractivity (Wildman–Crippen MR) is 134 cm³/mol. The van der Waals surface area contributed by atoms with E-state index in [4.69, 9.17) is 4.74 Å². The highest BCUT2D eigenvalue weighted by Crippen LogP contribution is 2.26. The van der Waals surface area contributed by atoms with Crippen LogP contribution < -0.4 is 0 Å². The van der Waals surface area contributed by atoms with E-state index in [2.05, 4.69) is 76.3 Å². The smallest absolute Gasteiger partial charge is 0.305 e. The number of aliphatic hydroxyl groups is 1. The van der Waals surface area contributed by atoms with Crippen LogP contribution in [-0.4, -0.2) is 23.8 Å². The van der Waals surface area contributed by atoms with Gasteiger partial charge < -0.3 is 9.84 Å². The second-order valence-corrected chi connectivity index (χ2v) is 9.04. The Morgan fingerprint density at radius 2 is 1.35 bits per heavy atom. The van der Waals surface area contributed by atoms with Crippen molar-refractivity contribution in [2.45, 2.75) is 111 Å². The van der Waals surface area contributed by atoms with Gasteiger partial charge in [0.2, 0.25) is 0 Å². The van der Waals surface area contributed by atoms with Crippen molar-refractivity contribution in [1.82, 2.24) is 0 Å². The maximum atomic E-state index is 11.8. The molecule has 3 heteroatoms. The topological polar surface area (TPSA) is 46.5 Å². The Morgan fingerprint density at radius 1 is 0.839 bits per heavy atom. The number of hydrogen-bond acceptors (Lipinski definition) is 3. The van der Waals surface area contributed by atoms with E-state index in [1.54, 1.807) is 0 Å². The number of carbonyl (C=O) groups excluding carboxylic acids is 1. The molecule has 0 aliphatic rings. The van der Waals surface area contributed by atoms with Crippen LogP contribution in [-0.2, 0) is 9.53 Å². The number of hydrogen-bond donors (Lipinski definition) is 1. The van der Waals surface area contributed by atoms with Gasteiger partial charge in [-0.25, -0.2) is 0 Å². The molecule has 0 aromatic heterocycles. The second-order valence-electron chi connectivity index (χ2n) is 9.04. The van der Waals surface area contributed by atoms with Crippen molar-refractivity contribution in [2.75, 3.05) is 6.61 Å². The highest BCUT2D eigenvalue weighted by atomic mass is 16.5. The van der Waals surface area contributed by atoms with E-state index in [-0.39, 0.29) is 18.0 Å². The van der Waals surface area contributed by atoms with Gasteiger partial charge in [-0.05, 0) is 56.8 Å². The van der Waals surface area contributed by atoms with E-state index >= 15 is 0 Å². The van der Waals surface area contributed by atoms with Crippen molar-refractivity contribution >= 4 is 5.97 Å². The second kappa shape index (κ2) is 20.3. The van der Waals surface area contributed by atoms with Gasteiger partial charge in [-0.2, -0.15) is 0 Å². The first-order valence-electron chi connectivity index (χ1n) is 12.3. The molecule has 31 heavy (non-hydrogen) atoms. The molecule has 0 fully saturated rings. The van der Waals surface area contributed by atoms with Gasteiger partial charge in [0.25, 0.3) is 0 Å². The Balaban J connectivity index is 3.63. The van der Waals surface area contributed by atoms with Gasteiger partial charge in [-0.15, -0.1) is 0 Å². The van der Waals surface area contributed by atoms with Crippen LogP contribution >= 0.6 is 0 Å². The summed E-state index contributed by atoms with van der Waals surface area (Å²) < 4.78 is 5.19. The summed E-state index contributed by atoms with van der Waals surface area (Å²) in [6.45, 7) is 8.68. The third kappa shape index (κ3) is 21.4. The van der Waals surface area contributed by atoms with Crippen molar-refractivity contribution in [3.8, 4) is 0 Å². The van der Waals surface area contributed by atoms with Crippen LogP contribution in [0, 0.1) is 5.41 Å². The molecule has 1 atom stereocenters. The molecule has 178 valence electrons. The zero-order chi connectivity index (χ0) is 23.2. The van der Waals surface area contributed by atoms with Gasteiger partial charge in [0.1, 0.15) is 6.61 Å². The molecule has 0 saturated carbocycles. The molecular weight excluding hydrogens is 384 g/mol. The Hall–Kier alpha value is -1.61. The molecule has 0 aromatic carbocycles. The summed E-state index contributed by atoms with van der Waals surface area (Å²) in [6.07, 6.45) is 28.8. The van der Waals surface area contributed by atoms with Gasteiger partial charge in [-0.1, -0.05) is 95.6 Å². The third-order valence-corrected chi connectivity index (χ3v) is 5.39. The van der Waals surface area contributed by atoms with Gasteiger partial charge in [-0.3, -0.25) is 4.79 Å². The normalized spacial score (nSPS) is 13.8. The van der Waals surface area contributed by atoms with Crippen molar-refractivity contribution in [3.63, 3.8) is 0 Å². The molecule has 3 nitrogen and oxygen atoms in total. The quantitative estimate of drug-likeness (QED) is 0.128. The summed E-state index contributed by atoms with van der Waals surface area (Å²) in [6, 6.07) is 0. The first-order chi connectivity index (χ1) is 14.9. The summed E-state index contributed by atoms with van der Waals surface area (Å²) in [5, 5.41) is 9.98. The Morgan fingerprint density at radius 3 is 1.87 bits per heavy atom. The van der Waals surface area contributed by atoms with E-state index < -0.39 is 6.10 Å². The molecule has 0 radical (unpaired) electrons. The monoisotopic (exact) mass is 432 g/mol. The first-order valence-corrected chi connectivity index (χ1v) is 12.3. The lowest BCUT2D eigenvalue weighted by Crippen LogP contribution is -2.25. The lowest BCUT2D eigenvalue weighted by atomic mass is 9.84. The lowest BCUT2D eigenvalue weighted by Gasteiger charge is -2.25. The minimum Gasteiger partial charge on any atom is -0.463 e. The molecular formula is C28H48O3. The molecule has 0 aromatic rings. The lowest BCUT2D eigenvalue weighted by molar-refractivity contribution is -0.147. The summed E-state index contributed by atoms with van der Waals surface area (Å²) in [5.74, 6) is -0.218. The zero-order valence-corrected chi connectivity index (χ0v) is 20.7. The number of aliphatic hydroxyl groups excluding tert-OH is 1. The highest BCUT2D eigenvalue weighted by molar-refractivity contribution is 5.69. The number of ether oxygens (including phenoxy) is 1. The van der Waals surface area contributed by atoms with Crippen LogP contribution in [0.15, 0.2) is 48.6 Å². The SMILES string of the molecule is CCCCC/C=C\C/C=C\C/C=C\C/C=C\CCCC(=O)OCC(O)CC(C)(C)CC. The average molecular weight is 433 g/mol. The fourth-order valence-corrected chi connectivity index (χ4v) is 3.03.